The highest BCUT2D eigenvalue weighted by Gasteiger charge is 2.31. The van der Waals surface area contributed by atoms with Crippen molar-refractivity contribution in [3.05, 3.63) is 58.6 Å². The van der Waals surface area contributed by atoms with Crippen molar-refractivity contribution in [1.82, 2.24) is 5.32 Å². The zero-order valence-electron chi connectivity index (χ0n) is 16.4. The average molecular weight is 425 g/mol. The van der Waals surface area contributed by atoms with Crippen LogP contribution in [0, 0.1) is 6.92 Å². The Morgan fingerprint density at radius 2 is 1.93 bits per heavy atom. The van der Waals surface area contributed by atoms with Crippen LogP contribution in [0.1, 0.15) is 24.5 Å². The molecule has 0 spiro atoms. The van der Waals surface area contributed by atoms with E-state index in [1.54, 1.807) is 38.3 Å². The van der Waals surface area contributed by atoms with Gasteiger partial charge in [-0.1, -0.05) is 42.8 Å². The first kappa shape index (κ1) is 22.0. The Morgan fingerprint density at radius 3 is 2.50 bits per heavy atom. The third-order valence-electron chi connectivity index (χ3n) is 4.39. The highest BCUT2D eigenvalue weighted by atomic mass is 35.5. The molecule has 0 bridgehead atoms. The van der Waals surface area contributed by atoms with Gasteiger partial charge >= 0.3 is 0 Å². The quantitative estimate of drug-likeness (QED) is 0.703. The molecule has 0 aromatic heterocycles. The maximum atomic E-state index is 12.9. The minimum absolute atomic E-state index is 0.228. The second kappa shape index (κ2) is 9.30. The predicted molar refractivity (Wildman–Crippen MR) is 112 cm³/mol. The Morgan fingerprint density at radius 1 is 1.25 bits per heavy atom. The summed E-state index contributed by atoms with van der Waals surface area (Å²) in [4.78, 5) is 12.9. The number of nitrogens with zero attached hydrogens (tertiary/aromatic N) is 1. The van der Waals surface area contributed by atoms with Crippen molar-refractivity contribution in [2.24, 2.45) is 0 Å². The second-order valence-electron chi connectivity index (χ2n) is 6.45. The minimum Gasteiger partial charge on any atom is -0.496 e. The van der Waals surface area contributed by atoms with Gasteiger partial charge in [0.15, 0.2) is 0 Å². The van der Waals surface area contributed by atoms with Crippen LogP contribution in [0.5, 0.6) is 5.75 Å². The highest BCUT2D eigenvalue weighted by Crippen LogP contribution is 2.27. The van der Waals surface area contributed by atoms with Crippen molar-refractivity contribution in [1.29, 1.82) is 0 Å². The van der Waals surface area contributed by atoms with E-state index in [2.05, 4.69) is 5.32 Å². The molecule has 1 N–H and O–H groups in total. The number of sulfonamides is 1. The number of methoxy groups -OCH3 is 1. The summed E-state index contributed by atoms with van der Waals surface area (Å²) >= 11 is 6.17. The summed E-state index contributed by atoms with van der Waals surface area (Å²) in [7, 11) is -2.15. The van der Waals surface area contributed by atoms with E-state index in [1.807, 2.05) is 25.1 Å². The predicted octanol–water partition coefficient (Wildman–Crippen LogP) is 3.52. The number of carbonyl (C=O) groups excluding carboxylic acids is 1. The Labute approximate surface area is 171 Å². The number of ether oxygens (including phenoxy) is 1. The monoisotopic (exact) mass is 424 g/mol. The van der Waals surface area contributed by atoms with Gasteiger partial charge in [0, 0.05) is 17.1 Å². The van der Waals surface area contributed by atoms with E-state index in [1.165, 1.54) is 0 Å². The molecular weight excluding hydrogens is 400 g/mol. The lowest BCUT2D eigenvalue weighted by atomic mass is 10.1. The van der Waals surface area contributed by atoms with Crippen molar-refractivity contribution in [2.45, 2.75) is 32.9 Å². The number of nitrogens with one attached hydrogen (secondary N) is 1. The number of benzene rings is 2. The summed E-state index contributed by atoms with van der Waals surface area (Å²) in [5.41, 5.74) is 1.99. The molecule has 0 saturated heterocycles. The normalized spacial score (nSPS) is 12.3. The molecule has 1 atom stereocenters. The number of rotatable bonds is 8. The molecule has 0 fully saturated rings. The lowest BCUT2D eigenvalue weighted by Gasteiger charge is -2.30. The van der Waals surface area contributed by atoms with Crippen molar-refractivity contribution in [3.63, 3.8) is 0 Å². The number of halogens is 1. The minimum atomic E-state index is -3.71. The number of hydrogen-bond acceptors (Lipinski definition) is 4. The Balaban J connectivity index is 2.30. The summed E-state index contributed by atoms with van der Waals surface area (Å²) in [6.07, 6.45) is 1.38. The van der Waals surface area contributed by atoms with Crippen LogP contribution >= 0.6 is 11.6 Å². The standard InChI is InChI=1S/C20H25ClN2O4S/c1-5-18(20(24)22-13-15-8-6-7-9-19(15)27-3)23(28(4,25)26)16-11-10-14(2)17(21)12-16/h6-12,18H,5,13H2,1-4H3,(H,22,24)/t18-/m0/s1. The fraction of sp³-hybridized carbons (Fsp3) is 0.350. The summed E-state index contributed by atoms with van der Waals surface area (Å²) in [6, 6.07) is 11.4. The molecule has 2 aromatic carbocycles. The van der Waals surface area contributed by atoms with Gasteiger partial charge in [-0.25, -0.2) is 8.42 Å². The summed E-state index contributed by atoms with van der Waals surface area (Å²) in [5, 5.41) is 3.26. The van der Waals surface area contributed by atoms with Crippen molar-refractivity contribution < 1.29 is 17.9 Å². The van der Waals surface area contributed by atoms with Gasteiger partial charge < -0.3 is 10.1 Å². The SMILES string of the molecule is CC[C@@H](C(=O)NCc1ccccc1OC)N(c1ccc(C)c(Cl)c1)S(C)(=O)=O. The molecule has 0 aliphatic heterocycles. The van der Waals surface area contributed by atoms with Crippen LogP contribution in [0.4, 0.5) is 5.69 Å². The van der Waals surface area contributed by atoms with Gasteiger partial charge in [-0.2, -0.15) is 0 Å². The first-order chi connectivity index (χ1) is 13.2. The van der Waals surface area contributed by atoms with Crippen LogP contribution in [0.2, 0.25) is 5.02 Å². The molecule has 6 nitrogen and oxygen atoms in total. The first-order valence-corrected chi connectivity index (χ1v) is 11.1. The molecule has 8 heteroatoms. The number of carbonyl (C=O) groups is 1. The molecule has 1 amide bonds. The third kappa shape index (κ3) is 5.17. The van der Waals surface area contributed by atoms with Gasteiger partial charge in [0.05, 0.1) is 19.1 Å². The van der Waals surface area contributed by atoms with Gasteiger partial charge in [0.25, 0.3) is 0 Å². The molecule has 2 aromatic rings. The number of anilines is 1. The van der Waals surface area contributed by atoms with Crippen LogP contribution < -0.4 is 14.4 Å². The van der Waals surface area contributed by atoms with E-state index in [-0.39, 0.29) is 6.54 Å². The Bertz CT molecular complexity index is 947. The van der Waals surface area contributed by atoms with E-state index < -0.39 is 22.0 Å². The van der Waals surface area contributed by atoms with Gasteiger partial charge in [-0.05, 0) is 37.1 Å². The molecule has 0 saturated carbocycles. The second-order valence-corrected chi connectivity index (χ2v) is 8.71. The molecule has 0 aliphatic rings. The van der Waals surface area contributed by atoms with E-state index in [9.17, 15) is 13.2 Å². The molecule has 2 rings (SSSR count). The van der Waals surface area contributed by atoms with Crippen LogP contribution in [0.15, 0.2) is 42.5 Å². The largest absolute Gasteiger partial charge is 0.496 e. The molecule has 28 heavy (non-hydrogen) atoms. The van der Waals surface area contributed by atoms with Crippen LogP contribution in [0.25, 0.3) is 0 Å². The molecule has 0 aliphatic carbocycles. The van der Waals surface area contributed by atoms with Crippen molar-refractivity contribution >= 4 is 33.2 Å². The lowest BCUT2D eigenvalue weighted by molar-refractivity contribution is -0.122. The topological polar surface area (TPSA) is 75.7 Å². The summed E-state index contributed by atoms with van der Waals surface area (Å²) in [5.74, 6) is 0.261. The van der Waals surface area contributed by atoms with Gasteiger partial charge in [-0.3, -0.25) is 9.10 Å². The van der Waals surface area contributed by atoms with Gasteiger partial charge in [0.1, 0.15) is 11.8 Å². The maximum absolute atomic E-state index is 12.9. The Kier molecular flexibility index (Phi) is 7.32. The molecule has 0 unspecified atom stereocenters. The van der Waals surface area contributed by atoms with Gasteiger partial charge in [0.2, 0.25) is 15.9 Å². The third-order valence-corrected chi connectivity index (χ3v) is 5.97. The van der Waals surface area contributed by atoms with Gasteiger partial charge in [-0.15, -0.1) is 0 Å². The van der Waals surface area contributed by atoms with Crippen LogP contribution in [0.3, 0.4) is 0 Å². The number of amides is 1. The number of aryl methyl sites for hydroxylation is 1. The molecule has 0 heterocycles. The molecule has 0 radical (unpaired) electrons. The summed E-state index contributed by atoms with van der Waals surface area (Å²) < 4.78 is 31.4. The maximum Gasteiger partial charge on any atom is 0.244 e. The molecule has 152 valence electrons. The van der Waals surface area contributed by atoms with Crippen LogP contribution in [-0.2, 0) is 21.4 Å². The van der Waals surface area contributed by atoms with E-state index in [0.717, 1.165) is 21.7 Å². The fourth-order valence-corrected chi connectivity index (χ4v) is 4.31. The summed E-state index contributed by atoms with van der Waals surface area (Å²) in [6.45, 7) is 3.82. The highest BCUT2D eigenvalue weighted by molar-refractivity contribution is 7.92. The zero-order chi connectivity index (χ0) is 20.9. The van der Waals surface area contributed by atoms with Crippen molar-refractivity contribution in [3.8, 4) is 5.75 Å². The number of para-hydroxylation sites is 1. The Hall–Kier alpha value is -2.25. The lowest BCUT2D eigenvalue weighted by Crippen LogP contribution is -2.49. The smallest absolute Gasteiger partial charge is 0.244 e. The zero-order valence-corrected chi connectivity index (χ0v) is 18.0. The molecular formula is C20H25ClN2O4S. The van der Waals surface area contributed by atoms with E-state index in [4.69, 9.17) is 16.3 Å². The van der Waals surface area contributed by atoms with E-state index in [0.29, 0.717) is 22.9 Å². The fourth-order valence-electron chi connectivity index (χ4n) is 2.93. The average Bonchev–Trinajstić information content (AvgIpc) is 2.65. The first-order valence-electron chi connectivity index (χ1n) is 8.84. The van der Waals surface area contributed by atoms with Crippen molar-refractivity contribution in [2.75, 3.05) is 17.7 Å². The number of hydrogen-bond donors (Lipinski definition) is 1. The van der Waals surface area contributed by atoms with Crippen LogP contribution in [-0.4, -0.2) is 33.7 Å². The van der Waals surface area contributed by atoms with E-state index >= 15 is 0 Å².